The molecule has 0 N–H and O–H groups in total. The van der Waals surface area contributed by atoms with E-state index in [1.165, 1.54) is 126 Å². The minimum Gasteiger partial charge on any atom is -0.310 e. The number of hydrogen-bond acceptors (Lipinski definition) is 1. The first-order valence-electron chi connectivity index (χ1n) is 28.4. The van der Waals surface area contributed by atoms with Crippen LogP contribution in [0.15, 0.2) is 315 Å². The Bertz CT molecular complexity index is 4660. The van der Waals surface area contributed by atoms with Gasteiger partial charge in [-0.3, -0.25) is 0 Å². The fourth-order valence-electron chi connectivity index (χ4n) is 12.3. The summed E-state index contributed by atoms with van der Waals surface area (Å²) >= 11 is 0. The van der Waals surface area contributed by atoms with Gasteiger partial charge in [0.15, 0.2) is 0 Å². The van der Waals surface area contributed by atoms with Crippen LogP contribution < -0.4 is 4.90 Å². The lowest BCUT2D eigenvalue weighted by molar-refractivity contribution is 1.30. The molecule has 1 nitrogen and oxygen atoms in total. The second-order valence-electron chi connectivity index (χ2n) is 21.3. The van der Waals surface area contributed by atoms with E-state index in [1.807, 2.05) is 18.2 Å². The zero-order chi connectivity index (χ0) is 55.4. The molecule has 0 aliphatic rings. The average Bonchev–Trinajstić information content (AvgIpc) is 2.85. The van der Waals surface area contributed by atoms with Crippen LogP contribution in [0.2, 0.25) is 0 Å². The molecule has 0 aliphatic heterocycles. The number of benzene rings is 15. The van der Waals surface area contributed by atoms with Crippen molar-refractivity contribution in [2.45, 2.75) is 20.8 Å². The van der Waals surface area contributed by atoms with Crippen LogP contribution in [0.4, 0.5) is 17.1 Å². The summed E-state index contributed by atoms with van der Waals surface area (Å²) in [6, 6.07) is 114. The largest absolute Gasteiger partial charge is 0.310 e. The standard InChI is InChI=1S/C63H43N.C11H10.C7H8/c1-42-19-15-22-44(39-42)60-51-30-7-9-32-53(51)61(54-33-10-8-31-52(54)60)45-23-16-24-46(40-45)62-55-34-11-13-36-57(55)63(58-37-14-12-35-56(58)62)47-25-17-28-49(41-47)64(48-26-3-2-4-27-48)59-38-18-21-43-20-5-6-29-50(43)59;1-9-5-4-7-10-6-2-3-8-11(9)10;1-7-5-3-2-4-6-7/h2-41H,1H3;2-8H,1H3;2-6H,1H3. The summed E-state index contributed by atoms with van der Waals surface area (Å²) in [5, 5.41) is 15.1. The number of hydrogen-bond donors (Lipinski definition) is 0. The molecule has 82 heavy (non-hydrogen) atoms. The van der Waals surface area contributed by atoms with Gasteiger partial charge in [-0.05, 0) is 166 Å². The molecule has 0 fully saturated rings. The molecule has 0 aromatic heterocycles. The molecule has 1 heteroatoms. The summed E-state index contributed by atoms with van der Waals surface area (Å²) < 4.78 is 0. The van der Waals surface area contributed by atoms with Crippen LogP contribution >= 0.6 is 0 Å². The number of para-hydroxylation sites is 1. The number of aryl methyl sites for hydroxylation is 3. The van der Waals surface area contributed by atoms with Gasteiger partial charge in [-0.25, -0.2) is 0 Å². The van der Waals surface area contributed by atoms with Crippen molar-refractivity contribution in [3.05, 3.63) is 332 Å². The Morgan fingerprint density at radius 2 is 0.524 bits per heavy atom. The van der Waals surface area contributed by atoms with Crippen molar-refractivity contribution < 1.29 is 0 Å². The predicted molar refractivity (Wildman–Crippen MR) is 355 cm³/mol. The Labute approximate surface area is 481 Å². The first kappa shape index (κ1) is 51.1. The highest BCUT2D eigenvalue weighted by Crippen LogP contribution is 2.48. The van der Waals surface area contributed by atoms with E-state index in [0.717, 1.165) is 17.1 Å². The zero-order valence-electron chi connectivity index (χ0n) is 46.5. The van der Waals surface area contributed by atoms with Crippen molar-refractivity contribution in [2.75, 3.05) is 4.90 Å². The van der Waals surface area contributed by atoms with E-state index >= 15 is 0 Å². The predicted octanol–water partition coefficient (Wildman–Crippen LogP) is 23.0. The van der Waals surface area contributed by atoms with Gasteiger partial charge in [-0.1, -0.05) is 290 Å². The molecular weight excluding hydrogens is 987 g/mol. The molecule has 390 valence electrons. The number of nitrogens with zero attached hydrogens (tertiary/aromatic N) is 1. The molecule has 15 rings (SSSR count). The molecule has 0 unspecified atom stereocenters. The van der Waals surface area contributed by atoms with Crippen LogP contribution in [-0.4, -0.2) is 0 Å². The van der Waals surface area contributed by atoms with Crippen LogP contribution in [0.1, 0.15) is 16.7 Å². The Hall–Kier alpha value is -10.3. The first-order valence-corrected chi connectivity index (χ1v) is 28.4. The molecule has 0 atom stereocenters. The van der Waals surface area contributed by atoms with E-state index in [2.05, 4.69) is 323 Å². The Morgan fingerprint density at radius 1 is 0.207 bits per heavy atom. The van der Waals surface area contributed by atoms with E-state index in [1.54, 1.807) is 0 Å². The first-order chi connectivity index (χ1) is 40.5. The maximum Gasteiger partial charge on any atom is 0.0540 e. The summed E-state index contributed by atoms with van der Waals surface area (Å²) in [7, 11) is 0. The van der Waals surface area contributed by atoms with Gasteiger partial charge >= 0.3 is 0 Å². The maximum absolute atomic E-state index is 2.43. The van der Waals surface area contributed by atoms with Gasteiger partial charge in [0, 0.05) is 16.8 Å². The second-order valence-corrected chi connectivity index (χ2v) is 21.3. The minimum absolute atomic E-state index is 1.11. The molecule has 15 aromatic rings. The third-order valence-corrected chi connectivity index (χ3v) is 16.0. The van der Waals surface area contributed by atoms with Crippen LogP contribution in [0.5, 0.6) is 0 Å². The van der Waals surface area contributed by atoms with Gasteiger partial charge in [-0.15, -0.1) is 0 Å². The van der Waals surface area contributed by atoms with Crippen LogP contribution in [0.3, 0.4) is 0 Å². The summed E-state index contributed by atoms with van der Waals surface area (Å²) in [5.41, 5.74) is 17.2. The zero-order valence-corrected chi connectivity index (χ0v) is 46.5. The lowest BCUT2D eigenvalue weighted by Gasteiger charge is -2.27. The van der Waals surface area contributed by atoms with Crippen molar-refractivity contribution in [3.8, 4) is 44.5 Å². The average molecular weight is 1050 g/mol. The molecule has 0 amide bonds. The monoisotopic (exact) mass is 1050 g/mol. The smallest absolute Gasteiger partial charge is 0.0540 e. The topological polar surface area (TPSA) is 3.24 Å². The van der Waals surface area contributed by atoms with E-state index in [4.69, 9.17) is 0 Å². The van der Waals surface area contributed by atoms with Crippen molar-refractivity contribution in [1.29, 1.82) is 0 Å². The van der Waals surface area contributed by atoms with E-state index in [0.29, 0.717) is 0 Å². The van der Waals surface area contributed by atoms with E-state index in [9.17, 15) is 0 Å². The summed E-state index contributed by atoms with van der Waals surface area (Å²) in [4.78, 5) is 2.40. The second kappa shape index (κ2) is 22.8. The maximum atomic E-state index is 2.43. The van der Waals surface area contributed by atoms with Crippen molar-refractivity contribution >= 4 is 81.7 Å². The van der Waals surface area contributed by atoms with Crippen molar-refractivity contribution in [3.63, 3.8) is 0 Å². The van der Waals surface area contributed by atoms with Crippen LogP contribution in [0.25, 0.3) is 109 Å². The van der Waals surface area contributed by atoms with Gasteiger partial charge in [-0.2, -0.15) is 0 Å². The lowest BCUT2D eigenvalue weighted by atomic mass is 9.83. The Balaban J connectivity index is 0.000000297. The van der Waals surface area contributed by atoms with Crippen molar-refractivity contribution in [2.24, 2.45) is 0 Å². The summed E-state index contributed by atoms with van der Waals surface area (Å²) in [5.74, 6) is 0. The van der Waals surface area contributed by atoms with Gasteiger partial charge in [0.05, 0.1) is 5.69 Å². The molecule has 0 bridgehead atoms. The summed E-state index contributed by atoms with van der Waals surface area (Å²) in [6.07, 6.45) is 0. The Morgan fingerprint density at radius 3 is 0.976 bits per heavy atom. The normalized spacial score (nSPS) is 11.1. The third-order valence-electron chi connectivity index (χ3n) is 16.0. The number of anilines is 3. The number of rotatable bonds is 7. The molecule has 0 saturated heterocycles. The highest BCUT2D eigenvalue weighted by atomic mass is 15.1. The molecule has 15 aromatic carbocycles. The number of fused-ring (bicyclic) bond motifs is 6. The molecule has 0 aliphatic carbocycles. The van der Waals surface area contributed by atoms with E-state index in [-0.39, 0.29) is 0 Å². The molecule has 0 saturated carbocycles. The van der Waals surface area contributed by atoms with Gasteiger partial charge < -0.3 is 4.90 Å². The fourth-order valence-corrected chi connectivity index (χ4v) is 12.3. The SMILES string of the molecule is Cc1cccc(-c2c3ccccc3c(-c3cccc(-c4c5ccccc5c(-c5cccc(N(c6ccccc6)c6cccc7ccccc67)c5)c5ccccc45)c3)c3ccccc23)c1.Cc1cccc2ccccc12.Cc1ccccc1. The molecule has 0 radical (unpaired) electrons. The Kier molecular flexibility index (Phi) is 14.2. The van der Waals surface area contributed by atoms with E-state index < -0.39 is 0 Å². The quantitative estimate of drug-likeness (QED) is 0.144. The highest BCUT2D eigenvalue weighted by Gasteiger charge is 2.22. The van der Waals surface area contributed by atoms with Gasteiger partial charge in [0.25, 0.3) is 0 Å². The summed E-state index contributed by atoms with van der Waals surface area (Å²) in [6.45, 7) is 6.40. The molecule has 0 spiro atoms. The van der Waals surface area contributed by atoms with Crippen LogP contribution in [-0.2, 0) is 0 Å². The molecule has 0 heterocycles. The third kappa shape index (κ3) is 9.95. The highest BCUT2D eigenvalue weighted by molar-refractivity contribution is 6.24. The lowest BCUT2D eigenvalue weighted by Crippen LogP contribution is -2.10. The van der Waals surface area contributed by atoms with Gasteiger partial charge in [0.1, 0.15) is 0 Å². The van der Waals surface area contributed by atoms with Crippen LogP contribution in [0, 0.1) is 20.8 Å². The molecular formula is C81H61N. The fraction of sp³-hybridized carbons (Fsp3) is 0.0370. The minimum atomic E-state index is 1.11. The van der Waals surface area contributed by atoms with Crippen molar-refractivity contribution in [1.82, 2.24) is 0 Å². The van der Waals surface area contributed by atoms with Gasteiger partial charge in [0.2, 0.25) is 0 Å².